The molecular weight excluding hydrogens is 336 g/mol. The molecule has 0 radical (unpaired) electrons. The summed E-state index contributed by atoms with van der Waals surface area (Å²) in [7, 11) is 0. The quantitative estimate of drug-likeness (QED) is 0.785. The summed E-state index contributed by atoms with van der Waals surface area (Å²) in [5.41, 5.74) is 0.469. The summed E-state index contributed by atoms with van der Waals surface area (Å²) < 4.78 is 17.3. The van der Waals surface area contributed by atoms with Crippen LogP contribution in [0, 0.1) is 0 Å². The molecule has 0 unspecified atom stereocenters. The molecule has 3 rings (SSSR count). The minimum atomic E-state index is -0.733. The Bertz CT molecular complexity index is 643. The van der Waals surface area contributed by atoms with E-state index in [2.05, 4.69) is 10.6 Å². The third-order valence-corrected chi connectivity index (χ3v) is 4.66. The molecule has 0 aromatic heterocycles. The van der Waals surface area contributed by atoms with Crippen molar-refractivity contribution in [3.05, 3.63) is 24.3 Å². The molecule has 1 spiro atoms. The summed E-state index contributed by atoms with van der Waals surface area (Å²) >= 11 is 0. The first-order valence-electron chi connectivity index (χ1n) is 9.25. The van der Waals surface area contributed by atoms with Gasteiger partial charge in [-0.3, -0.25) is 9.59 Å². The highest BCUT2D eigenvalue weighted by Gasteiger charge is 2.42. The Balaban J connectivity index is 1.47. The van der Waals surface area contributed by atoms with Crippen LogP contribution < -0.4 is 15.4 Å². The smallest absolute Gasteiger partial charge is 0.313 e. The van der Waals surface area contributed by atoms with Gasteiger partial charge in [0.25, 0.3) is 0 Å². The first kappa shape index (κ1) is 18.7. The molecule has 1 aliphatic heterocycles. The number of ether oxygens (including phenoxy) is 3. The molecule has 1 aromatic rings. The minimum absolute atomic E-state index is 0.222. The van der Waals surface area contributed by atoms with Crippen LogP contribution in [0.1, 0.15) is 39.0 Å². The standard InChI is InChI=1S/C19H26N2O5/c1-2-24-16-9-5-4-8-15(16)21-18(23)17(22)20-12-14-13-25-19(26-14)10-6-3-7-11-19/h4-5,8-9,14H,2-3,6-7,10-13H2,1H3,(H,20,22)(H,21,23)/t14-/m1/s1. The van der Waals surface area contributed by atoms with Gasteiger partial charge in [-0.1, -0.05) is 18.6 Å². The maximum Gasteiger partial charge on any atom is 0.313 e. The second-order valence-corrected chi connectivity index (χ2v) is 6.62. The molecule has 1 saturated carbocycles. The summed E-state index contributed by atoms with van der Waals surface area (Å²) in [6.45, 7) is 3.02. The monoisotopic (exact) mass is 362 g/mol. The summed E-state index contributed by atoms with van der Waals surface area (Å²) in [6, 6.07) is 7.00. The van der Waals surface area contributed by atoms with Crippen LogP contribution in [0.15, 0.2) is 24.3 Å². The van der Waals surface area contributed by atoms with E-state index < -0.39 is 17.6 Å². The molecule has 1 aromatic carbocycles. The Kier molecular flexibility index (Phi) is 6.11. The lowest BCUT2D eigenvalue weighted by atomic mass is 9.94. The number of amides is 2. The van der Waals surface area contributed by atoms with Crippen LogP contribution in [-0.4, -0.2) is 43.5 Å². The number of nitrogens with one attached hydrogen (secondary N) is 2. The Morgan fingerprint density at radius 3 is 2.73 bits per heavy atom. The Morgan fingerprint density at radius 2 is 1.96 bits per heavy atom. The van der Waals surface area contributed by atoms with Crippen molar-refractivity contribution in [3.8, 4) is 5.75 Å². The van der Waals surface area contributed by atoms with E-state index in [1.165, 1.54) is 6.42 Å². The Labute approximate surface area is 153 Å². The number of benzene rings is 1. The van der Waals surface area contributed by atoms with Gasteiger partial charge in [-0.05, 0) is 31.9 Å². The van der Waals surface area contributed by atoms with Crippen molar-refractivity contribution in [2.75, 3.05) is 25.1 Å². The number of rotatable bonds is 5. The molecule has 2 fully saturated rings. The molecule has 1 saturated heterocycles. The van der Waals surface area contributed by atoms with Gasteiger partial charge in [-0.2, -0.15) is 0 Å². The molecule has 1 aliphatic carbocycles. The van der Waals surface area contributed by atoms with Gasteiger partial charge in [-0.15, -0.1) is 0 Å². The van der Waals surface area contributed by atoms with Gasteiger partial charge in [0, 0.05) is 19.4 Å². The van der Waals surface area contributed by atoms with E-state index in [1.54, 1.807) is 24.3 Å². The zero-order chi connectivity index (χ0) is 18.4. The van der Waals surface area contributed by atoms with Gasteiger partial charge in [0.15, 0.2) is 5.79 Å². The molecule has 2 N–H and O–H groups in total. The topological polar surface area (TPSA) is 85.9 Å². The molecule has 7 nitrogen and oxygen atoms in total. The lowest BCUT2D eigenvalue weighted by Gasteiger charge is -2.31. The van der Waals surface area contributed by atoms with Gasteiger partial charge in [0.2, 0.25) is 0 Å². The highest BCUT2D eigenvalue weighted by Crippen LogP contribution is 2.37. The van der Waals surface area contributed by atoms with Gasteiger partial charge in [0.1, 0.15) is 11.9 Å². The second-order valence-electron chi connectivity index (χ2n) is 6.62. The summed E-state index contributed by atoms with van der Waals surface area (Å²) in [5, 5.41) is 5.20. The van der Waals surface area contributed by atoms with Crippen molar-refractivity contribution >= 4 is 17.5 Å². The van der Waals surface area contributed by atoms with Crippen molar-refractivity contribution in [1.82, 2.24) is 5.32 Å². The lowest BCUT2D eigenvalue weighted by molar-refractivity contribution is -0.186. The van der Waals surface area contributed by atoms with Crippen LogP contribution in [-0.2, 0) is 19.1 Å². The Morgan fingerprint density at radius 1 is 1.19 bits per heavy atom. The molecule has 26 heavy (non-hydrogen) atoms. The minimum Gasteiger partial charge on any atom is -0.492 e. The van der Waals surface area contributed by atoms with E-state index in [0.29, 0.717) is 24.7 Å². The third-order valence-electron chi connectivity index (χ3n) is 4.66. The zero-order valence-corrected chi connectivity index (χ0v) is 15.1. The summed E-state index contributed by atoms with van der Waals surface area (Å²) in [4.78, 5) is 24.2. The normalized spacial score (nSPS) is 21.3. The number of anilines is 1. The Hall–Kier alpha value is -2.12. The second kappa shape index (κ2) is 8.51. The van der Waals surface area contributed by atoms with E-state index in [9.17, 15) is 9.59 Å². The van der Waals surface area contributed by atoms with Crippen LogP contribution in [0.2, 0.25) is 0 Å². The zero-order valence-electron chi connectivity index (χ0n) is 15.1. The number of carbonyl (C=O) groups is 2. The van der Waals surface area contributed by atoms with Crippen LogP contribution in [0.4, 0.5) is 5.69 Å². The maximum atomic E-state index is 12.1. The predicted molar refractivity (Wildman–Crippen MR) is 95.9 cm³/mol. The highest BCUT2D eigenvalue weighted by molar-refractivity contribution is 6.39. The SMILES string of the molecule is CCOc1ccccc1NC(=O)C(=O)NC[C@@H]1COC2(CCCCC2)O1. The van der Waals surface area contributed by atoms with Crippen molar-refractivity contribution in [3.63, 3.8) is 0 Å². The van der Waals surface area contributed by atoms with Gasteiger partial charge in [-0.25, -0.2) is 0 Å². The average molecular weight is 362 g/mol. The molecule has 0 bridgehead atoms. The first-order chi connectivity index (χ1) is 12.6. The van der Waals surface area contributed by atoms with Gasteiger partial charge < -0.3 is 24.8 Å². The van der Waals surface area contributed by atoms with Crippen molar-refractivity contribution in [2.24, 2.45) is 0 Å². The first-order valence-corrected chi connectivity index (χ1v) is 9.25. The van der Waals surface area contributed by atoms with Crippen molar-refractivity contribution in [2.45, 2.75) is 50.9 Å². The van der Waals surface area contributed by atoms with Crippen molar-refractivity contribution in [1.29, 1.82) is 0 Å². The van der Waals surface area contributed by atoms with Crippen LogP contribution >= 0.6 is 0 Å². The number of para-hydroxylation sites is 2. The fraction of sp³-hybridized carbons (Fsp3) is 0.579. The number of hydrogen-bond acceptors (Lipinski definition) is 5. The molecule has 1 heterocycles. The van der Waals surface area contributed by atoms with Gasteiger partial charge >= 0.3 is 11.8 Å². The molecule has 2 amide bonds. The molecule has 1 atom stereocenters. The molecule has 7 heteroatoms. The van der Waals surface area contributed by atoms with Crippen molar-refractivity contribution < 1.29 is 23.8 Å². The fourth-order valence-electron chi connectivity index (χ4n) is 3.39. The highest BCUT2D eigenvalue weighted by atomic mass is 16.7. The third kappa shape index (κ3) is 4.53. The largest absolute Gasteiger partial charge is 0.492 e. The average Bonchev–Trinajstić information content (AvgIpc) is 3.04. The maximum absolute atomic E-state index is 12.1. The summed E-state index contributed by atoms with van der Waals surface area (Å²) in [5.74, 6) is -1.39. The summed E-state index contributed by atoms with van der Waals surface area (Å²) in [6.07, 6.45) is 4.97. The molecule has 2 aliphatic rings. The van der Waals surface area contributed by atoms with Crippen LogP contribution in [0.3, 0.4) is 0 Å². The van der Waals surface area contributed by atoms with E-state index in [-0.39, 0.29) is 12.6 Å². The number of carbonyl (C=O) groups excluding carboxylic acids is 2. The van der Waals surface area contributed by atoms with E-state index in [1.807, 2.05) is 6.92 Å². The van der Waals surface area contributed by atoms with E-state index >= 15 is 0 Å². The van der Waals surface area contributed by atoms with Crippen LogP contribution in [0.5, 0.6) is 5.75 Å². The van der Waals surface area contributed by atoms with Crippen LogP contribution in [0.25, 0.3) is 0 Å². The molecular formula is C19H26N2O5. The van der Waals surface area contributed by atoms with Gasteiger partial charge in [0.05, 0.1) is 18.9 Å². The van der Waals surface area contributed by atoms with E-state index in [0.717, 1.165) is 25.7 Å². The lowest BCUT2D eigenvalue weighted by Crippen LogP contribution is -2.41. The van der Waals surface area contributed by atoms with E-state index in [4.69, 9.17) is 14.2 Å². The molecule has 142 valence electrons. The number of hydrogen-bond donors (Lipinski definition) is 2. The predicted octanol–water partition coefficient (Wildman–Crippen LogP) is 2.22. The fourth-order valence-corrected chi connectivity index (χ4v) is 3.39.